The van der Waals surface area contributed by atoms with E-state index in [4.69, 9.17) is 9.47 Å². The zero-order chi connectivity index (χ0) is 22.0. The Bertz CT molecular complexity index is 1070. The van der Waals surface area contributed by atoms with Gasteiger partial charge in [0.1, 0.15) is 10.7 Å². The second kappa shape index (κ2) is 8.81. The first-order valence-electron chi connectivity index (χ1n) is 10.0. The molecule has 1 fully saturated rings. The molecule has 166 valence electrons. The summed E-state index contributed by atoms with van der Waals surface area (Å²) >= 11 is 0. The molecule has 2 aromatic rings. The number of hydrogen-bond donors (Lipinski definition) is 1. The predicted molar refractivity (Wildman–Crippen MR) is 111 cm³/mol. The monoisotopic (exact) mass is 449 g/mol. The van der Waals surface area contributed by atoms with E-state index in [1.54, 1.807) is 6.92 Å². The number of ether oxygens (including phenoxy) is 2. The van der Waals surface area contributed by atoms with Crippen LogP contribution >= 0.6 is 0 Å². The lowest BCUT2D eigenvalue weighted by molar-refractivity contribution is -0.126. The third-order valence-corrected chi connectivity index (χ3v) is 7.49. The highest BCUT2D eigenvalue weighted by Gasteiger charge is 2.33. The van der Waals surface area contributed by atoms with Crippen molar-refractivity contribution in [2.75, 3.05) is 33.0 Å². The number of fused-ring (bicyclic) bond motifs is 1. The summed E-state index contributed by atoms with van der Waals surface area (Å²) in [6.45, 7) is 3.48. The maximum atomic E-state index is 14.0. The highest BCUT2D eigenvalue weighted by Crippen LogP contribution is 2.32. The molecule has 2 aromatic carbocycles. The van der Waals surface area contributed by atoms with Crippen LogP contribution in [-0.2, 0) is 21.4 Å². The molecule has 1 amide bonds. The fraction of sp³-hybridized carbons (Fsp3) is 0.381. The SMILES string of the molecule is CC(C(=O)NCc1ccc2c(c1)OCO2)N1CCN(S(=O)(=O)c2ccccc2F)CC1. The maximum absolute atomic E-state index is 14.0. The van der Waals surface area contributed by atoms with Crippen LogP contribution in [0.1, 0.15) is 12.5 Å². The number of benzene rings is 2. The highest BCUT2D eigenvalue weighted by molar-refractivity contribution is 7.89. The highest BCUT2D eigenvalue weighted by atomic mass is 32.2. The minimum absolute atomic E-state index is 0.150. The van der Waals surface area contributed by atoms with Crippen molar-refractivity contribution in [2.24, 2.45) is 0 Å². The van der Waals surface area contributed by atoms with Crippen LogP contribution in [0.25, 0.3) is 0 Å². The van der Waals surface area contributed by atoms with Crippen molar-refractivity contribution in [1.29, 1.82) is 0 Å². The van der Waals surface area contributed by atoms with Crippen molar-refractivity contribution in [3.8, 4) is 11.5 Å². The summed E-state index contributed by atoms with van der Waals surface area (Å²) in [5.41, 5.74) is 0.894. The molecule has 0 radical (unpaired) electrons. The van der Waals surface area contributed by atoms with Crippen LogP contribution in [0.5, 0.6) is 11.5 Å². The Morgan fingerprint density at radius 1 is 1.10 bits per heavy atom. The molecule has 31 heavy (non-hydrogen) atoms. The number of hydrogen-bond acceptors (Lipinski definition) is 6. The zero-order valence-electron chi connectivity index (χ0n) is 17.1. The molecular formula is C21H24FN3O5S. The fourth-order valence-electron chi connectivity index (χ4n) is 3.68. The Kier molecular flexibility index (Phi) is 6.12. The first kappa shape index (κ1) is 21.5. The van der Waals surface area contributed by atoms with Crippen molar-refractivity contribution in [3.63, 3.8) is 0 Å². The summed E-state index contributed by atoms with van der Waals surface area (Å²) in [6, 6.07) is 10.4. The summed E-state index contributed by atoms with van der Waals surface area (Å²) in [5, 5.41) is 2.90. The number of rotatable bonds is 6. The maximum Gasteiger partial charge on any atom is 0.246 e. The number of halogens is 1. The third kappa shape index (κ3) is 4.51. The zero-order valence-corrected chi connectivity index (χ0v) is 17.9. The van der Waals surface area contributed by atoms with Crippen LogP contribution in [-0.4, -0.2) is 62.5 Å². The lowest BCUT2D eigenvalue weighted by Gasteiger charge is -2.36. The molecule has 8 nitrogen and oxygen atoms in total. The molecule has 0 aromatic heterocycles. The number of nitrogens with zero attached hydrogens (tertiary/aromatic N) is 2. The van der Waals surface area contributed by atoms with Crippen LogP contribution in [0.15, 0.2) is 47.4 Å². The number of piperazine rings is 1. The molecular weight excluding hydrogens is 425 g/mol. The van der Waals surface area contributed by atoms with Gasteiger partial charge in [-0.1, -0.05) is 18.2 Å². The van der Waals surface area contributed by atoms with Crippen molar-refractivity contribution in [2.45, 2.75) is 24.4 Å². The fourth-order valence-corrected chi connectivity index (χ4v) is 5.17. The summed E-state index contributed by atoms with van der Waals surface area (Å²) < 4.78 is 51.3. The van der Waals surface area contributed by atoms with Gasteiger partial charge < -0.3 is 14.8 Å². The molecule has 1 unspecified atom stereocenters. The van der Waals surface area contributed by atoms with Gasteiger partial charge in [-0.2, -0.15) is 4.31 Å². The van der Waals surface area contributed by atoms with E-state index in [1.807, 2.05) is 23.1 Å². The minimum atomic E-state index is -3.90. The van der Waals surface area contributed by atoms with Gasteiger partial charge in [0, 0.05) is 32.7 Å². The summed E-state index contributed by atoms with van der Waals surface area (Å²) in [4.78, 5) is 14.2. The van der Waals surface area contributed by atoms with E-state index in [-0.39, 0.29) is 30.7 Å². The average Bonchev–Trinajstić information content (AvgIpc) is 3.25. The van der Waals surface area contributed by atoms with Crippen molar-refractivity contribution in [3.05, 3.63) is 53.8 Å². The van der Waals surface area contributed by atoms with Gasteiger partial charge in [0.25, 0.3) is 0 Å². The Morgan fingerprint density at radius 3 is 2.55 bits per heavy atom. The van der Waals surface area contributed by atoms with Gasteiger partial charge in [-0.05, 0) is 36.8 Å². The molecule has 2 aliphatic rings. The van der Waals surface area contributed by atoms with Crippen LogP contribution in [0, 0.1) is 5.82 Å². The summed E-state index contributed by atoms with van der Waals surface area (Å²) in [6.07, 6.45) is 0. The molecule has 0 bridgehead atoms. The van der Waals surface area contributed by atoms with Crippen LogP contribution in [0.4, 0.5) is 4.39 Å². The Hall–Kier alpha value is -2.69. The molecule has 0 spiro atoms. The minimum Gasteiger partial charge on any atom is -0.454 e. The van der Waals surface area contributed by atoms with Gasteiger partial charge in [-0.15, -0.1) is 0 Å². The normalized spacial score (nSPS) is 18.0. The molecule has 1 atom stereocenters. The summed E-state index contributed by atoms with van der Waals surface area (Å²) in [5.74, 6) is 0.433. The van der Waals surface area contributed by atoms with Crippen molar-refractivity contribution < 1.29 is 27.1 Å². The lowest BCUT2D eigenvalue weighted by atomic mass is 10.2. The van der Waals surface area contributed by atoms with Gasteiger partial charge in [0.2, 0.25) is 22.7 Å². The lowest BCUT2D eigenvalue weighted by Crippen LogP contribution is -2.54. The van der Waals surface area contributed by atoms with Crippen molar-refractivity contribution >= 4 is 15.9 Å². The van der Waals surface area contributed by atoms with Crippen LogP contribution < -0.4 is 14.8 Å². The molecule has 0 saturated carbocycles. The van der Waals surface area contributed by atoms with Gasteiger partial charge >= 0.3 is 0 Å². The van der Waals surface area contributed by atoms with Gasteiger partial charge in [-0.25, -0.2) is 12.8 Å². The number of amides is 1. The standard InChI is InChI=1S/C21H24FN3O5S/c1-15(21(26)23-13-16-6-7-18-19(12-16)30-14-29-18)24-8-10-25(11-9-24)31(27,28)20-5-3-2-4-17(20)22/h2-7,12,15H,8-11,13-14H2,1H3,(H,23,26). The van der Waals surface area contributed by atoms with E-state index in [9.17, 15) is 17.6 Å². The Balaban J connectivity index is 1.31. The largest absolute Gasteiger partial charge is 0.454 e. The molecule has 1 saturated heterocycles. The van der Waals surface area contributed by atoms with E-state index in [0.29, 0.717) is 31.1 Å². The molecule has 0 aliphatic carbocycles. The first-order valence-corrected chi connectivity index (χ1v) is 11.5. The van der Waals surface area contributed by atoms with E-state index in [2.05, 4.69) is 5.32 Å². The number of carbonyl (C=O) groups excluding carboxylic acids is 1. The van der Waals surface area contributed by atoms with Crippen LogP contribution in [0.2, 0.25) is 0 Å². The van der Waals surface area contributed by atoms with Gasteiger partial charge in [-0.3, -0.25) is 9.69 Å². The molecule has 4 rings (SSSR count). The Morgan fingerprint density at radius 2 is 1.81 bits per heavy atom. The smallest absolute Gasteiger partial charge is 0.246 e. The van der Waals surface area contributed by atoms with E-state index in [1.165, 1.54) is 22.5 Å². The van der Waals surface area contributed by atoms with Gasteiger partial charge in [0.05, 0.1) is 6.04 Å². The predicted octanol–water partition coefficient (Wildman–Crippen LogP) is 1.57. The third-order valence-electron chi connectivity index (χ3n) is 5.56. The van der Waals surface area contributed by atoms with E-state index >= 15 is 0 Å². The molecule has 10 heteroatoms. The second-order valence-electron chi connectivity index (χ2n) is 7.45. The van der Waals surface area contributed by atoms with Crippen molar-refractivity contribution in [1.82, 2.24) is 14.5 Å². The van der Waals surface area contributed by atoms with Crippen LogP contribution in [0.3, 0.4) is 0 Å². The second-order valence-corrected chi connectivity index (χ2v) is 9.36. The quantitative estimate of drug-likeness (QED) is 0.720. The van der Waals surface area contributed by atoms with Gasteiger partial charge in [0.15, 0.2) is 11.5 Å². The van der Waals surface area contributed by atoms with E-state index < -0.39 is 21.9 Å². The molecule has 2 aliphatic heterocycles. The Labute approximate surface area is 180 Å². The number of carbonyl (C=O) groups is 1. The molecule has 2 heterocycles. The number of sulfonamides is 1. The average molecular weight is 450 g/mol. The topological polar surface area (TPSA) is 88.2 Å². The first-order chi connectivity index (χ1) is 14.9. The molecule has 1 N–H and O–H groups in total. The summed E-state index contributed by atoms with van der Waals surface area (Å²) in [7, 11) is -3.90. The van der Waals surface area contributed by atoms with E-state index in [0.717, 1.165) is 11.6 Å². The number of nitrogens with one attached hydrogen (secondary N) is 1.